The van der Waals surface area contributed by atoms with Crippen molar-refractivity contribution in [2.75, 3.05) is 13.2 Å². The normalized spacial score (nSPS) is 21.2. The van der Waals surface area contributed by atoms with Crippen LogP contribution in [0.5, 0.6) is 11.5 Å². The molecule has 2 aromatic carbocycles. The molecule has 4 rings (SSSR count). The molecule has 2 aromatic rings. The quantitative estimate of drug-likeness (QED) is 0.877. The average molecular weight is 346 g/mol. The zero-order valence-corrected chi connectivity index (χ0v) is 13.5. The molecule has 0 aromatic heterocycles. The highest BCUT2D eigenvalue weighted by Crippen LogP contribution is 2.38. The number of aliphatic hydroxyl groups is 1. The van der Waals surface area contributed by atoms with Crippen LogP contribution in [0, 0.1) is 0 Å². The highest BCUT2D eigenvalue weighted by atomic mass is 35.5. The lowest BCUT2D eigenvalue weighted by Crippen LogP contribution is -2.34. The molecule has 5 nitrogen and oxygen atoms in total. The third kappa shape index (κ3) is 2.60. The number of nitrogens with one attached hydrogen (secondary N) is 1. The van der Waals surface area contributed by atoms with E-state index in [1.807, 2.05) is 24.3 Å². The van der Waals surface area contributed by atoms with E-state index in [9.17, 15) is 9.90 Å². The molecule has 1 heterocycles. The number of fused-ring (bicyclic) bond motifs is 2. The lowest BCUT2D eigenvalue weighted by Gasteiger charge is -2.21. The van der Waals surface area contributed by atoms with Crippen molar-refractivity contribution in [2.24, 2.45) is 0 Å². The van der Waals surface area contributed by atoms with Crippen LogP contribution in [-0.2, 0) is 6.42 Å². The van der Waals surface area contributed by atoms with E-state index in [1.165, 1.54) is 0 Å². The number of benzene rings is 2. The van der Waals surface area contributed by atoms with E-state index < -0.39 is 12.1 Å². The van der Waals surface area contributed by atoms with Crippen LogP contribution >= 0.6 is 11.6 Å². The van der Waals surface area contributed by atoms with Crippen LogP contribution in [0.3, 0.4) is 0 Å². The number of ether oxygens (including phenoxy) is 2. The zero-order valence-electron chi connectivity index (χ0n) is 12.8. The second-order valence-electron chi connectivity index (χ2n) is 5.90. The molecular weight excluding hydrogens is 330 g/mol. The number of halogens is 1. The standard InChI is InChI=1S/C18H16ClNO4/c19-13-7-11(9-15-17(13)24-6-5-23-15)18(22)20-16-12-4-2-1-3-10(12)8-14(16)21/h1-4,7,9,14,16,21H,5-6,8H2,(H,20,22). The first-order valence-corrected chi connectivity index (χ1v) is 8.17. The predicted octanol–water partition coefficient (Wildman–Crippen LogP) is 2.50. The van der Waals surface area contributed by atoms with Crippen molar-refractivity contribution in [3.8, 4) is 11.5 Å². The van der Waals surface area contributed by atoms with Crippen LogP contribution in [-0.4, -0.2) is 30.3 Å². The minimum atomic E-state index is -0.640. The van der Waals surface area contributed by atoms with E-state index in [1.54, 1.807) is 12.1 Å². The summed E-state index contributed by atoms with van der Waals surface area (Å²) in [6.45, 7) is 0.854. The molecule has 2 unspecified atom stereocenters. The van der Waals surface area contributed by atoms with E-state index in [0.29, 0.717) is 41.7 Å². The highest BCUT2D eigenvalue weighted by Gasteiger charge is 2.32. The molecule has 2 N–H and O–H groups in total. The van der Waals surface area contributed by atoms with Gasteiger partial charge in [0.25, 0.3) is 5.91 Å². The molecule has 1 aliphatic carbocycles. The molecule has 1 aliphatic heterocycles. The van der Waals surface area contributed by atoms with Crippen molar-refractivity contribution >= 4 is 17.5 Å². The molecule has 0 spiro atoms. The molecule has 6 heteroatoms. The zero-order chi connectivity index (χ0) is 16.7. The summed E-state index contributed by atoms with van der Waals surface area (Å²) in [5.41, 5.74) is 2.37. The van der Waals surface area contributed by atoms with Gasteiger partial charge in [-0.05, 0) is 23.3 Å². The van der Waals surface area contributed by atoms with Gasteiger partial charge in [-0.15, -0.1) is 0 Å². The van der Waals surface area contributed by atoms with E-state index in [4.69, 9.17) is 21.1 Å². The monoisotopic (exact) mass is 345 g/mol. The molecule has 2 atom stereocenters. The van der Waals surface area contributed by atoms with Crippen molar-refractivity contribution in [3.05, 3.63) is 58.1 Å². The summed E-state index contributed by atoms with van der Waals surface area (Å²) in [5.74, 6) is 0.617. The molecule has 1 amide bonds. The molecule has 0 fully saturated rings. The first kappa shape index (κ1) is 15.3. The Hall–Kier alpha value is -2.24. The van der Waals surface area contributed by atoms with E-state index in [2.05, 4.69) is 5.32 Å². The van der Waals surface area contributed by atoms with Gasteiger partial charge in [-0.2, -0.15) is 0 Å². The lowest BCUT2D eigenvalue weighted by molar-refractivity contribution is 0.0857. The summed E-state index contributed by atoms with van der Waals surface area (Å²) in [5, 5.41) is 13.5. The Labute approximate surface area is 144 Å². The fourth-order valence-electron chi connectivity index (χ4n) is 3.21. The number of hydrogen-bond acceptors (Lipinski definition) is 4. The lowest BCUT2D eigenvalue weighted by atomic mass is 10.1. The van der Waals surface area contributed by atoms with Crippen LogP contribution in [0.15, 0.2) is 36.4 Å². The van der Waals surface area contributed by atoms with Gasteiger partial charge in [0, 0.05) is 12.0 Å². The molecule has 124 valence electrons. The molecule has 24 heavy (non-hydrogen) atoms. The average Bonchev–Trinajstić information content (AvgIpc) is 2.90. The number of rotatable bonds is 2. The molecule has 0 radical (unpaired) electrons. The highest BCUT2D eigenvalue weighted by molar-refractivity contribution is 6.32. The first-order valence-electron chi connectivity index (χ1n) is 7.79. The molecule has 2 aliphatic rings. The minimum absolute atomic E-state index is 0.311. The fourth-order valence-corrected chi connectivity index (χ4v) is 3.48. The van der Waals surface area contributed by atoms with Gasteiger partial charge in [0.15, 0.2) is 11.5 Å². The summed E-state index contributed by atoms with van der Waals surface area (Å²) in [6.07, 6.45) is -0.109. The minimum Gasteiger partial charge on any atom is -0.486 e. The Morgan fingerprint density at radius 2 is 2.00 bits per heavy atom. The van der Waals surface area contributed by atoms with Crippen molar-refractivity contribution < 1.29 is 19.4 Å². The van der Waals surface area contributed by atoms with Crippen molar-refractivity contribution in [2.45, 2.75) is 18.6 Å². The maximum absolute atomic E-state index is 12.6. The van der Waals surface area contributed by atoms with Crippen molar-refractivity contribution in [1.29, 1.82) is 0 Å². The van der Waals surface area contributed by atoms with Crippen molar-refractivity contribution in [1.82, 2.24) is 5.32 Å². The van der Waals surface area contributed by atoms with Crippen LogP contribution in [0.25, 0.3) is 0 Å². The number of carbonyl (C=O) groups excluding carboxylic acids is 1. The van der Waals surface area contributed by atoms with E-state index in [-0.39, 0.29) is 5.91 Å². The summed E-state index contributed by atoms with van der Waals surface area (Å²) in [7, 11) is 0. The fraction of sp³-hybridized carbons (Fsp3) is 0.278. The van der Waals surface area contributed by atoms with Gasteiger partial charge >= 0.3 is 0 Å². The van der Waals surface area contributed by atoms with E-state index in [0.717, 1.165) is 11.1 Å². The predicted molar refractivity (Wildman–Crippen MR) is 88.8 cm³/mol. The Bertz CT molecular complexity index is 808. The Balaban J connectivity index is 1.60. The second kappa shape index (κ2) is 6.00. The maximum atomic E-state index is 12.6. The third-order valence-electron chi connectivity index (χ3n) is 4.35. The van der Waals surface area contributed by atoms with Gasteiger partial charge in [0.2, 0.25) is 0 Å². The van der Waals surface area contributed by atoms with Crippen LogP contribution in [0.1, 0.15) is 27.5 Å². The summed E-state index contributed by atoms with van der Waals surface area (Å²) >= 11 is 6.18. The number of aliphatic hydroxyl groups excluding tert-OH is 1. The van der Waals surface area contributed by atoms with Gasteiger partial charge in [-0.3, -0.25) is 4.79 Å². The maximum Gasteiger partial charge on any atom is 0.252 e. The summed E-state index contributed by atoms with van der Waals surface area (Å²) < 4.78 is 11.0. The Morgan fingerprint density at radius 3 is 2.88 bits per heavy atom. The van der Waals surface area contributed by atoms with Crippen LogP contribution < -0.4 is 14.8 Å². The van der Waals surface area contributed by atoms with Gasteiger partial charge < -0.3 is 19.9 Å². The third-order valence-corrected chi connectivity index (χ3v) is 4.63. The molecular formula is C18H16ClNO4. The molecule has 0 saturated heterocycles. The number of amides is 1. The molecule has 0 saturated carbocycles. The van der Waals surface area contributed by atoms with Gasteiger partial charge in [-0.1, -0.05) is 35.9 Å². The van der Waals surface area contributed by atoms with Crippen molar-refractivity contribution in [3.63, 3.8) is 0 Å². The summed E-state index contributed by atoms with van der Waals surface area (Å²) in [6, 6.07) is 10.5. The largest absolute Gasteiger partial charge is 0.486 e. The Morgan fingerprint density at radius 1 is 1.21 bits per heavy atom. The molecule has 0 bridgehead atoms. The Kier molecular flexibility index (Phi) is 3.82. The smallest absolute Gasteiger partial charge is 0.252 e. The van der Waals surface area contributed by atoms with Gasteiger partial charge in [0.1, 0.15) is 13.2 Å². The van der Waals surface area contributed by atoms with Crippen LogP contribution in [0.4, 0.5) is 0 Å². The summed E-state index contributed by atoms with van der Waals surface area (Å²) in [4.78, 5) is 12.6. The van der Waals surface area contributed by atoms with E-state index >= 15 is 0 Å². The topological polar surface area (TPSA) is 67.8 Å². The van der Waals surface area contributed by atoms with Gasteiger partial charge in [-0.25, -0.2) is 0 Å². The van der Waals surface area contributed by atoms with Gasteiger partial charge in [0.05, 0.1) is 17.2 Å². The number of carbonyl (C=O) groups is 1. The first-order chi connectivity index (χ1) is 11.6. The SMILES string of the molecule is O=C(NC1c2ccccc2CC1O)c1cc(Cl)c2c(c1)OCCO2. The number of hydrogen-bond donors (Lipinski definition) is 2. The second-order valence-corrected chi connectivity index (χ2v) is 6.31. The van der Waals surface area contributed by atoms with Crippen LogP contribution in [0.2, 0.25) is 5.02 Å².